The van der Waals surface area contributed by atoms with E-state index in [0.717, 1.165) is 5.69 Å². The molecule has 1 aliphatic heterocycles. The molecule has 1 fully saturated rings. The van der Waals surface area contributed by atoms with E-state index in [9.17, 15) is 9.90 Å². The van der Waals surface area contributed by atoms with E-state index in [1.54, 1.807) is 9.58 Å². The number of aromatic nitrogens is 4. The van der Waals surface area contributed by atoms with E-state index in [-0.39, 0.29) is 25.1 Å². The maximum Gasteiger partial charge on any atom is 0.263 e. The molecule has 1 aliphatic rings. The number of β-amino-alcohol motifs (C(OH)–C–C–N with tert-alkyl or cyclic N) is 1. The van der Waals surface area contributed by atoms with Crippen LogP contribution in [0, 0.1) is 11.3 Å². The molecule has 1 saturated heterocycles. The smallest absolute Gasteiger partial charge is 0.263 e. The quantitative estimate of drug-likeness (QED) is 0.729. The minimum atomic E-state index is -1.04. The summed E-state index contributed by atoms with van der Waals surface area (Å²) < 4.78 is 1.61. The number of hydrogen-bond donors (Lipinski definition) is 2. The van der Waals surface area contributed by atoms with Crippen molar-refractivity contribution in [2.24, 2.45) is 0 Å². The maximum atomic E-state index is 12.3. The molecule has 0 saturated carbocycles. The molecule has 2 N–H and O–H groups in total. The molecule has 0 aliphatic carbocycles. The van der Waals surface area contributed by atoms with E-state index in [0.29, 0.717) is 17.0 Å². The van der Waals surface area contributed by atoms with Gasteiger partial charge in [0.2, 0.25) is 5.95 Å². The number of hydrogen-bond acceptors (Lipinski definition) is 6. The number of fused-ring (bicyclic) bond motifs is 1. The number of aromatic amines is 1. The Kier molecular flexibility index (Phi) is 3.11. The van der Waals surface area contributed by atoms with E-state index in [4.69, 9.17) is 5.26 Å². The lowest BCUT2D eigenvalue weighted by atomic mass is 9.91. The molecule has 0 radical (unpaired) electrons. The second kappa shape index (κ2) is 5.18. The summed E-state index contributed by atoms with van der Waals surface area (Å²) in [6.45, 7) is 0.517. The minimum absolute atomic E-state index is 0.0535. The van der Waals surface area contributed by atoms with Crippen molar-refractivity contribution in [2.75, 3.05) is 18.0 Å². The first-order valence-corrected chi connectivity index (χ1v) is 7.47. The summed E-state index contributed by atoms with van der Waals surface area (Å²) in [5.74, 6) is 0.368. The lowest BCUT2D eigenvalue weighted by molar-refractivity contribution is 0.0157. The number of benzene rings is 1. The maximum absolute atomic E-state index is 12.3. The molecule has 0 amide bonds. The monoisotopic (exact) mass is 322 g/mol. The highest BCUT2D eigenvalue weighted by Gasteiger charge is 2.42. The highest BCUT2D eigenvalue weighted by atomic mass is 16.3. The van der Waals surface area contributed by atoms with Crippen molar-refractivity contribution < 1.29 is 5.11 Å². The van der Waals surface area contributed by atoms with Crippen LogP contribution >= 0.6 is 0 Å². The number of nitrogens with one attached hydrogen (secondary N) is 1. The van der Waals surface area contributed by atoms with Gasteiger partial charge in [0.1, 0.15) is 11.0 Å². The average molecular weight is 322 g/mol. The lowest BCUT2D eigenvalue weighted by Crippen LogP contribution is -2.62. The Morgan fingerprint density at radius 1 is 1.33 bits per heavy atom. The topological polar surface area (TPSA) is 111 Å². The number of nitriles is 1. The summed E-state index contributed by atoms with van der Waals surface area (Å²) in [5, 5.41) is 23.5. The number of aliphatic hydroxyl groups is 1. The van der Waals surface area contributed by atoms with Crippen LogP contribution in [0.15, 0.2) is 41.3 Å². The van der Waals surface area contributed by atoms with Gasteiger partial charge in [-0.1, -0.05) is 18.2 Å². The third-order valence-electron chi connectivity index (χ3n) is 4.10. The fourth-order valence-electron chi connectivity index (χ4n) is 2.89. The Labute approximate surface area is 136 Å². The lowest BCUT2D eigenvalue weighted by Gasteiger charge is -2.45. The Hall–Kier alpha value is -3.18. The molecule has 0 unspecified atom stereocenters. The van der Waals surface area contributed by atoms with E-state index in [1.165, 1.54) is 6.20 Å². The van der Waals surface area contributed by atoms with E-state index in [1.807, 2.05) is 36.4 Å². The van der Waals surface area contributed by atoms with Gasteiger partial charge in [0, 0.05) is 0 Å². The molecule has 0 bridgehead atoms. The molecule has 8 nitrogen and oxygen atoms in total. The molecule has 8 heteroatoms. The van der Waals surface area contributed by atoms with Gasteiger partial charge >= 0.3 is 0 Å². The van der Waals surface area contributed by atoms with Gasteiger partial charge in [0.05, 0.1) is 37.5 Å². The fourth-order valence-corrected chi connectivity index (χ4v) is 2.89. The third-order valence-corrected chi connectivity index (χ3v) is 4.10. The van der Waals surface area contributed by atoms with E-state index in [2.05, 4.69) is 15.1 Å². The summed E-state index contributed by atoms with van der Waals surface area (Å²) in [5.41, 5.74) is -0.0631. The van der Waals surface area contributed by atoms with Crippen molar-refractivity contribution in [3.63, 3.8) is 0 Å². The van der Waals surface area contributed by atoms with Crippen LogP contribution in [-0.4, -0.2) is 43.5 Å². The van der Waals surface area contributed by atoms with Crippen molar-refractivity contribution in [3.8, 4) is 11.8 Å². The van der Waals surface area contributed by atoms with Crippen molar-refractivity contribution in [1.82, 2.24) is 19.7 Å². The molecule has 1 aromatic carbocycles. The van der Waals surface area contributed by atoms with Gasteiger partial charge in [-0.05, 0) is 12.1 Å². The van der Waals surface area contributed by atoms with Crippen LogP contribution in [0.1, 0.15) is 6.42 Å². The van der Waals surface area contributed by atoms with Crippen LogP contribution in [0.4, 0.5) is 5.95 Å². The predicted molar refractivity (Wildman–Crippen MR) is 86.9 cm³/mol. The summed E-state index contributed by atoms with van der Waals surface area (Å²) in [6, 6.07) is 11.4. The van der Waals surface area contributed by atoms with Crippen molar-refractivity contribution in [1.29, 1.82) is 5.26 Å². The van der Waals surface area contributed by atoms with Crippen LogP contribution in [0.25, 0.3) is 16.7 Å². The average Bonchev–Trinajstić information content (AvgIpc) is 2.98. The standard InChI is InChI=1S/C16H14N6O2/c17-7-6-16(24)9-21(10-16)15-19-13-12(14(23)20-15)8-18-22(13)11-4-2-1-3-5-11/h1-5,8,24H,6,9-10H2,(H,19,20,23). The Balaban J connectivity index is 1.75. The largest absolute Gasteiger partial charge is 0.385 e. The third kappa shape index (κ3) is 2.23. The second-order valence-electron chi connectivity index (χ2n) is 5.93. The normalized spacial score (nSPS) is 15.9. The molecule has 0 atom stereocenters. The van der Waals surface area contributed by atoms with Gasteiger partial charge < -0.3 is 10.0 Å². The highest BCUT2D eigenvalue weighted by Crippen LogP contribution is 2.27. The molecular weight excluding hydrogens is 308 g/mol. The number of nitrogens with zero attached hydrogens (tertiary/aromatic N) is 5. The molecule has 2 aromatic heterocycles. The van der Waals surface area contributed by atoms with Gasteiger partial charge in [-0.15, -0.1) is 0 Å². The Bertz CT molecular complexity index is 995. The fraction of sp³-hybridized carbons (Fsp3) is 0.250. The number of anilines is 1. The zero-order chi connectivity index (χ0) is 16.7. The van der Waals surface area contributed by atoms with Gasteiger partial charge in [-0.25, -0.2) is 4.68 Å². The molecule has 120 valence electrons. The first-order chi connectivity index (χ1) is 11.6. The molecule has 4 rings (SSSR count). The second-order valence-corrected chi connectivity index (χ2v) is 5.93. The summed E-state index contributed by atoms with van der Waals surface area (Å²) >= 11 is 0. The summed E-state index contributed by atoms with van der Waals surface area (Å²) in [6.07, 6.45) is 1.54. The van der Waals surface area contributed by atoms with Gasteiger partial charge in [-0.2, -0.15) is 15.3 Å². The van der Waals surface area contributed by atoms with Gasteiger partial charge in [-0.3, -0.25) is 9.78 Å². The van der Waals surface area contributed by atoms with Crippen molar-refractivity contribution >= 4 is 17.0 Å². The molecular formula is C16H14N6O2. The van der Waals surface area contributed by atoms with Crippen LogP contribution in [0.3, 0.4) is 0 Å². The SMILES string of the molecule is N#CCC1(O)CN(c2nc3c(cnn3-c3ccccc3)c(=O)[nH]2)C1. The molecule has 3 aromatic rings. The van der Waals surface area contributed by atoms with Gasteiger partial charge in [0.15, 0.2) is 5.65 Å². The number of para-hydroxylation sites is 1. The first kappa shape index (κ1) is 14.4. The van der Waals surface area contributed by atoms with E-state index < -0.39 is 5.60 Å². The molecule has 0 spiro atoms. The summed E-state index contributed by atoms with van der Waals surface area (Å²) in [4.78, 5) is 21.2. The minimum Gasteiger partial charge on any atom is -0.385 e. The van der Waals surface area contributed by atoms with Crippen LogP contribution in [-0.2, 0) is 0 Å². The summed E-state index contributed by atoms with van der Waals surface area (Å²) in [7, 11) is 0. The molecule has 3 heterocycles. The first-order valence-electron chi connectivity index (χ1n) is 7.47. The zero-order valence-corrected chi connectivity index (χ0v) is 12.7. The zero-order valence-electron chi connectivity index (χ0n) is 12.7. The van der Waals surface area contributed by atoms with Crippen LogP contribution in [0.2, 0.25) is 0 Å². The molecule has 24 heavy (non-hydrogen) atoms. The Morgan fingerprint density at radius 3 is 2.79 bits per heavy atom. The van der Waals surface area contributed by atoms with Crippen molar-refractivity contribution in [2.45, 2.75) is 12.0 Å². The predicted octanol–water partition coefficient (Wildman–Crippen LogP) is 0.574. The highest BCUT2D eigenvalue weighted by molar-refractivity contribution is 5.76. The van der Waals surface area contributed by atoms with Gasteiger partial charge in [0.25, 0.3) is 5.56 Å². The number of H-pyrrole nitrogens is 1. The van der Waals surface area contributed by atoms with E-state index >= 15 is 0 Å². The Morgan fingerprint density at radius 2 is 2.08 bits per heavy atom. The van der Waals surface area contributed by atoms with Crippen LogP contribution in [0.5, 0.6) is 0 Å². The van der Waals surface area contributed by atoms with Crippen LogP contribution < -0.4 is 10.5 Å². The van der Waals surface area contributed by atoms with Crippen molar-refractivity contribution in [3.05, 3.63) is 46.9 Å². The number of rotatable bonds is 3.